The molecule has 0 unspecified atom stereocenters. The monoisotopic (exact) mass is 190 g/mol. The lowest BCUT2D eigenvalue weighted by molar-refractivity contribution is 0.0693. The van der Waals surface area contributed by atoms with Gasteiger partial charge in [-0.2, -0.15) is 0 Å². The maximum atomic E-state index is 12.5. The van der Waals surface area contributed by atoms with E-state index in [1.165, 1.54) is 0 Å². The van der Waals surface area contributed by atoms with Crippen LogP contribution in [0, 0.1) is 5.82 Å². The average molecular weight is 191 g/mol. The van der Waals surface area contributed by atoms with Gasteiger partial charge >= 0.3 is 5.97 Å². The highest BCUT2D eigenvalue weighted by molar-refractivity contribution is 6.32. The number of hydrogen-bond donors (Lipinski definition) is 2. The van der Waals surface area contributed by atoms with Gasteiger partial charge in [-0.25, -0.2) is 9.18 Å². The summed E-state index contributed by atoms with van der Waals surface area (Å²) in [5.74, 6) is -2.95. The molecule has 0 aliphatic heterocycles. The van der Waals surface area contributed by atoms with E-state index in [1.807, 2.05) is 0 Å². The van der Waals surface area contributed by atoms with Crippen LogP contribution in [0.15, 0.2) is 12.1 Å². The van der Waals surface area contributed by atoms with Crippen LogP contribution in [0.2, 0.25) is 5.02 Å². The van der Waals surface area contributed by atoms with Gasteiger partial charge in [0, 0.05) is 0 Å². The molecule has 1 aromatic rings. The van der Waals surface area contributed by atoms with Crippen molar-refractivity contribution >= 4 is 17.6 Å². The van der Waals surface area contributed by atoms with Crippen molar-refractivity contribution in [2.75, 3.05) is 0 Å². The van der Waals surface area contributed by atoms with Crippen LogP contribution in [0.4, 0.5) is 4.39 Å². The van der Waals surface area contributed by atoms with Crippen LogP contribution < -0.4 is 0 Å². The Morgan fingerprint density at radius 1 is 1.50 bits per heavy atom. The molecule has 0 atom stereocenters. The zero-order chi connectivity index (χ0) is 9.30. The molecule has 0 heterocycles. The Hall–Kier alpha value is -1.29. The molecule has 12 heavy (non-hydrogen) atoms. The summed E-state index contributed by atoms with van der Waals surface area (Å²) < 4.78 is 12.5. The molecule has 0 aliphatic carbocycles. The molecule has 3 nitrogen and oxygen atoms in total. The largest absolute Gasteiger partial charge is 0.505 e. The summed E-state index contributed by atoms with van der Waals surface area (Å²) in [6.07, 6.45) is 0. The summed E-state index contributed by atoms with van der Waals surface area (Å²) in [4.78, 5) is 10.3. The smallest absolute Gasteiger partial charge is 0.339 e. The lowest BCUT2D eigenvalue weighted by Gasteiger charge is -2.01. The van der Waals surface area contributed by atoms with Crippen molar-refractivity contribution in [3.63, 3.8) is 0 Å². The van der Waals surface area contributed by atoms with Crippen molar-refractivity contribution in [2.45, 2.75) is 0 Å². The molecule has 1 rings (SSSR count). The summed E-state index contributed by atoms with van der Waals surface area (Å²) in [6, 6.07) is 1.82. The van der Waals surface area contributed by atoms with E-state index in [0.29, 0.717) is 0 Å². The fourth-order valence-electron chi connectivity index (χ4n) is 0.713. The first-order chi connectivity index (χ1) is 5.54. The van der Waals surface area contributed by atoms with Crippen molar-refractivity contribution in [1.82, 2.24) is 0 Å². The van der Waals surface area contributed by atoms with Gasteiger partial charge in [-0.05, 0) is 12.1 Å². The van der Waals surface area contributed by atoms with Crippen molar-refractivity contribution < 1.29 is 19.4 Å². The zero-order valence-corrected chi connectivity index (χ0v) is 6.47. The predicted octanol–water partition coefficient (Wildman–Crippen LogP) is 1.88. The Morgan fingerprint density at radius 2 is 2.08 bits per heavy atom. The van der Waals surface area contributed by atoms with E-state index < -0.39 is 28.1 Å². The number of halogens is 2. The maximum absolute atomic E-state index is 12.5. The molecule has 0 aromatic heterocycles. The molecule has 2 N–H and O–H groups in total. The molecule has 0 saturated carbocycles. The van der Waals surface area contributed by atoms with Gasteiger partial charge in [0.25, 0.3) is 0 Å². The Kier molecular flexibility index (Phi) is 2.19. The highest BCUT2D eigenvalue weighted by atomic mass is 35.5. The second-order valence-corrected chi connectivity index (χ2v) is 2.44. The topological polar surface area (TPSA) is 57.5 Å². The van der Waals surface area contributed by atoms with Gasteiger partial charge in [0.05, 0.1) is 0 Å². The molecule has 0 bridgehead atoms. The molecule has 64 valence electrons. The highest BCUT2D eigenvalue weighted by Gasteiger charge is 2.15. The fourth-order valence-corrected chi connectivity index (χ4v) is 0.877. The number of aromatic hydroxyl groups is 1. The van der Waals surface area contributed by atoms with Crippen molar-refractivity contribution in [1.29, 1.82) is 0 Å². The van der Waals surface area contributed by atoms with E-state index in [4.69, 9.17) is 21.8 Å². The first-order valence-corrected chi connectivity index (χ1v) is 3.32. The quantitative estimate of drug-likeness (QED) is 0.711. The van der Waals surface area contributed by atoms with Crippen molar-refractivity contribution in [2.24, 2.45) is 0 Å². The molecule has 0 saturated heterocycles. The molecular formula is C7H4ClFO3. The van der Waals surface area contributed by atoms with E-state index in [1.54, 1.807) is 0 Å². The molecule has 0 aliphatic rings. The van der Waals surface area contributed by atoms with Crippen molar-refractivity contribution in [3.05, 3.63) is 28.5 Å². The number of carboxylic acids is 1. The number of benzene rings is 1. The summed E-state index contributed by atoms with van der Waals surface area (Å²) in [6.45, 7) is 0. The third-order valence-corrected chi connectivity index (χ3v) is 1.66. The summed E-state index contributed by atoms with van der Waals surface area (Å²) >= 11 is 5.24. The highest BCUT2D eigenvalue weighted by Crippen LogP contribution is 2.29. The number of rotatable bonds is 1. The van der Waals surface area contributed by atoms with Crippen molar-refractivity contribution in [3.8, 4) is 5.75 Å². The minimum absolute atomic E-state index is 0.415. The second-order valence-electron chi connectivity index (χ2n) is 2.06. The minimum Gasteiger partial charge on any atom is -0.505 e. The second kappa shape index (κ2) is 2.98. The average Bonchev–Trinajstić information content (AvgIpc) is 2.00. The van der Waals surface area contributed by atoms with Crippen LogP contribution in [0.3, 0.4) is 0 Å². The molecule has 0 amide bonds. The van der Waals surface area contributed by atoms with E-state index in [2.05, 4.69) is 0 Å². The van der Waals surface area contributed by atoms with E-state index in [-0.39, 0.29) is 0 Å². The molecule has 0 spiro atoms. The number of carboxylic acid groups (broad SMARTS) is 1. The van der Waals surface area contributed by atoms with Gasteiger partial charge in [0.1, 0.15) is 16.4 Å². The van der Waals surface area contributed by atoms with E-state index >= 15 is 0 Å². The van der Waals surface area contributed by atoms with Gasteiger partial charge in [-0.1, -0.05) is 11.6 Å². The summed E-state index contributed by atoms with van der Waals surface area (Å²) in [7, 11) is 0. The Balaban J connectivity index is 3.36. The van der Waals surface area contributed by atoms with Gasteiger partial charge in [0.15, 0.2) is 5.75 Å². The number of phenols is 1. The third kappa shape index (κ3) is 1.33. The van der Waals surface area contributed by atoms with Gasteiger partial charge < -0.3 is 10.2 Å². The van der Waals surface area contributed by atoms with Gasteiger partial charge in [-0.3, -0.25) is 0 Å². The Morgan fingerprint density at radius 3 is 2.58 bits per heavy atom. The summed E-state index contributed by atoms with van der Waals surface area (Å²) in [5, 5.41) is 16.9. The zero-order valence-electron chi connectivity index (χ0n) is 5.71. The van der Waals surface area contributed by atoms with Crippen LogP contribution in [0.25, 0.3) is 0 Å². The molecular weight excluding hydrogens is 187 g/mol. The lowest BCUT2D eigenvalue weighted by Crippen LogP contribution is -1.97. The SMILES string of the molecule is O=C(O)c1ccc(F)c(Cl)c1O. The maximum Gasteiger partial charge on any atom is 0.339 e. The minimum atomic E-state index is -1.35. The Bertz CT molecular complexity index is 338. The van der Waals surface area contributed by atoms with E-state index in [0.717, 1.165) is 12.1 Å². The van der Waals surface area contributed by atoms with Crippen LogP contribution in [0.1, 0.15) is 10.4 Å². The summed E-state index contributed by atoms with van der Waals surface area (Å²) in [5.41, 5.74) is -0.415. The first kappa shape index (κ1) is 8.80. The van der Waals surface area contributed by atoms with Crippen LogP contribution >= 0.6 is 11.6 Å². The van der Waals surface area contributed by atoms with E-state index in [9.17, 15) is 9.18 Å². The van der Waals surface area contributed by atoms with Gasteiger partial charge in [0.2, 0.25) is 0 Å². The number of hydrogen-bond acceptors (Lipinski definition) is 2. The molecule has 1 aromatic carbocycles. The van der Waals surface area contributed by atoms with Crippen LogP contribution in [-0.4, -0.2) is 16.2 Å². The molecule has 0 fully saturated rings. The third-order valence-electron chi connectivity index (χ3n) is 1.30. The van der Waals surface area contributed by atoms with Crippen LogP contribution in [-0.2, 0) is 0 Å². The number of carbonyl (C=O) groups is 1. The predicted molar refractivity (Wildman–Crippen MR) is 40.0 cm³/mol. The molecule has 5 heteroatoms. The standard InChI is InChI=1S/C7H4ClFO3/c8-5-4(9)2-1-3(6(5)10)7(11)12/h1-2,10H,(H,11,12). The molecule has 0 radical (unpaired) electrons. The number of aromatic carboxylic acids is 1. The first-order valence-electron chi connectivity index (χ1n) is 2.94. The van der Waals surface area contributed by atoms with Gasteiger partial charge in [-0.15, -0.1) is 0 Å². The normalized spacial score (nSPS) is 9.83. The lowest BCUT2D eigenvalue weighted by atomic mass is 10.2. The Labute approximate surface area is 72.0 Å². The van der Waals surface area contributed by atoms with Crippen LogP contribution in [0.5, 0.6) is 5.75 Å². The fraction of sp³-hybridized carbons (Fsp3) is 0.